The van der Waals surface area contributed by atoms with Gasteiger partial charge in [0.1, 0.15) is 0 Å². The molecule has 0 aliphatic rings. The first-order valence-electron chi connectivity index (χ1n) is 4.18. The predicted molar refractivity (Wildman–Crippen MR) is 52.3 cm³/mol. The van der Waals surface area contributed by atoms with Gasteiger partial charge in [-0.15, -0.1) is 0 Å². The van der Waals surface area contributed by atoms with Crippen LogP contribution in [0, 0.1) is 13.8 Å². The van der Waals surface area contributed by atoms with Crippen LogP contribution < -0.4 is 4.74 Å². The van der Waals surface area contributed by atoms with Gasteiger partial charge in [-0.1, -0.05) is 0 Å². The fourth-order valence-electron chi connectivity index (χ4n) is 1.07. The number of hydrogen-bond donors (Lipinski definition) is 0. The lowest BCUT2D eigenvalue weighted by molar-refractivity contribution is 0.236. The maximum Gasteiger partial charge on any atom is 0.223 e. The molecule has 0 N–H and O–H groups in total. The Hall–Kier alpha value is -0.830. The van der Waals surface area contributed by atoms with E-state index in [1.165, 1.54) is 0 Å². The average Bonchev–Trinajstić information content (AvgIpc) is 1.96. The van der Waals surface area contributed by atoms with Crippen molar-refractivity contribution in [3.8, 4) is 5.75 Å². The molecule has 0 amide bonds. The number of aryl methyl sites for hydroxylation is 2. The van der Waals surface area contributed by atoms with Gasteiger partial charge in [0, 0.05) is 0 Å². The molecule has 13 heavy (non-hydrogen) atoms. The summed E-state index contributed by atoms with van der Waals surface area (Å²) in [7, 11) is 0. The topological polar surface area (TPSA) is 35.0 Å². The lowest BCUT2D eigenvalue weighted by atomic mass is 10.3. The SMILES string of the molecule is Cc1nc(Cl)nc(C)c1OC(C)C. The van der Waals surface area contributed by atoms with Crippen molar-refractivity contribution in [1.82, 2.24) is 9.97 Å². The summed E-state index contributed by atoms with van der Waals surface area (Å²) in [4.78, 5) is 8.03. The van der Waals surface area contributed by atoms with Gasteiger partial charge in [-0.25, -0.2) is 9.97 Å². The molecule has 72 valence electrons. The minimum Gasteiger partial charge on any atom is -0.487 e. The minimum absolute atomic E-state index is 0.127. The van der Waals surface area contributed by atoms with E-state index in [-0.39, 0.29) is 11.4 Å². The molecule has 0 spiro atoms. The van der Waals surface area contributed by atoms with Crippen molar-refractivity contribution in [1.29, 1.82) is 0 Å². The van der Waals surface area contributed by atoms with E-state index in [2.05, 4.69) is 9.97 Å². The van der Waals surface area contributed by atoms with Crippen LogP contribution in [0.2, 0.25) is 5.28 Å². The van der Waals surface area contributed by atoms with Crippen LogP contribution in [0.5, 0.6) is 5.75 Å². The van der Waals surface area contributed by atoms with Crippen LogP contribution in [0.15, 0.2) is 0 Å². The molecular formula is C9H13ClN2O. The average molecular weight is 201 g/mol. The van der Waals surface area contributed by atoms with E-state index in [0.717, 1.165) is 17.1 Å². The molecule has 0 aliphatic carbocycles. The summed E-state index contributed by atoms with van der Waals surface area (Å²) in [6, 6.07) is 0. The molecule has 0 aromatic carbocycles. The van der Waals surface area contributed by atoms with Gasteiger partial charge in [-0.3, -0.25) is 0 Å². The molecule has 0 saturated heterocycles. The lowest BCUT2D eigenvalue weighted by Gasteiger charge is -2.13. The Morgan fingerprint density at radius 2 is 1.62 bits per heavy atom. The van der Waals surface area contributed by atoms with E-state index < -0.39 is 0 Å². The lowest BCUT2D eigenvalue weighted by Crippen LogP contribution is -2.09. The Morgan fingerprint density at radius 3 is 2.00 bits per heavy atom. The van der Waals surface area contributed by atoms with Gasteiger partial charge in [0.2, 0.25) is 5.28 Å². The number of aromatic nitrogens is 2. The summed E-state index contributed by atoms with van der Waals surface area (Å²) < 4.78 is 5.55. The highest BCUT2D eigenvalue weighted by atomic mass is 35.5. The third kappa shape index (κ3) is 2.56. The summed E-state index contributed by atoms with van der Waals surface area (Å²) in [5.74, 6) is 0.736. The molecule has 3 nitrogen and oxygen atoms in total. The Bertz CT molecular complexity index is 289. The van der Waals surface area contributed by atoms with Crippen molar-refractivity contribution < 1.29 is 4.74 Å². The van der Waals surface area contributed by atoms with Gasteiger partial charge < -0.3 is 4.74 Å². The normalized spacial score (nSPS) is 10.6. The van der Waals surface area contributed by atoms with Gasteiger partial charge in [0.15, 0.2) is 5.75 Å². The molecule has 0 bridgehead atoms. The number of nitrogens with zero attached hydrogens (tertiary/aromatic N) is 2. The van der Waals surface area contributed by atoms with Crippen molar-refractivity contribution in [2.24, 2.45) is 0 Å². The largest absolute Gasteiger partial charge is 0.487 e. The second-order valence-corrected chi connectivity index (χ2v) is 3.50. The van der Waals surface area contributed by atoms with E-state index in [9.17, 15) is 0 Å². The third-order valence-corrected chi connectivity index (χ3v) is 1.70. The van der Waals surface area contributed by atoms with Crippen molar-refractivity contribution >= 4 is 11.6 Å². The molecule has 0 unspecified atom stereocenters. The molecule has 0 aliphatic heterocycles. The van der Waals surface area contributed by atoms with Crippen LogP contribution in [0.4, 0.5) is 0 Å². The number of rotatable bonds is 2. The minimum atomic E-state index is 0.127. The van der Waals surface area contributed by atoms with Gasteiger partial charge in [0.05, 0.1) is 17.5 Å². The summed E-state index contributed by atoms with van der Waals surface area (Å²) in [5.41, 5.74) is 1.57. The smallest absolute Gasteiger partial charge is 0.223 e. The van der Waals surface area contributed by atoms with E-state index in [1.54, 1.807) is 0 Å². The number of ether oxygens (including phenoxy) is 1. The number of halogens is 1. The second kappa shape index (κ2) is 3.92. The maximum atomic E-state index is 5.68. The summed E-state index contributed by atoms with van der Waals surface area (Å²) in [6.07, 6.45) is 0.127. The van der Waals surface area contributed by atoms with Crippen LogP contribution in [-0.2, 0) is 0 Å². The molecule has 1 rings (SSSR count). The van der Waals surface area contributed by atoms with Crippen molar-refractivity contribution in [3.63, 3.8) is 0 Å². The molecular weight excluding hydrogens is 188 g/mol. The molecule has 1 heterocycles. The van der Waals surface area contributed by atoms with Crippen LogP contribution >= 0.6 is 11.6 Å². The predicted octanol–water partition coefficient (Wildman–Crippen LogP) is 2.53. The molecule has 0 fully saturated rings. The van der Waals surface area contributed by atoms with Crippen LogP contribution in [0.25, 0.3) is 0 Å². The van der Waals surface area contributed by atoms with Gasteiger partial charge in [0.25, 0.3) is 0 Å². The monoisotopic (exact) mass is 200 g/mol. The van der Waals surface area contributed by atoms with Crippen molar-refractivity contribution in [2.45, 2.75) is 33.8 Å². The van der Waals surface area contributed by atoms with Crippen molar-refractivity contribution in [2.75, 3.05) is 0 Å². The first kappa shape index (κ1) is 10.3. The fourth-order valence-corrected chi connectivity index (χ4v) is 1.32. The second-order valence-electron chi connectivity index (χ2n) is 3.16. The molecule has 1 aromatic rings. The Labute approximate surface area is 83.1 Å². The van der Waals surface area contributed by atoms with E-state index in [1.807, 2.05) is 27.7 Å². The Kier molecular flexibility index (Phi) is 3.09. The zero-order valence-corrected chi connectivity index (χ0v) is 9.01. The van der Waals surface area contributed by atoms with E-state index >= 15 is 0 Å². The van der Waals surface area contributed by atoms with Gasteiger partial charge in [-0.05, 0) is 39.3 Å². The van der Waals surface area contributed by atoms with Crippen LogP contribution in [-0.4, -0.2) is 16.1 Å². The number of hydrogen-bond acceptors (Lipinski definition) is 3. The van der Waals surface area contributed by atoms with Gasteiger partial charge >= 0.3 is 0 Å². The Morgan fingerprint density at radius 1 is 1.15 bits per heavy atom. The van der Waals surface area contributed by atoms with Crippen LogP contribution in [0.1, 0.15) is 25.2 Å². The van der Waals surface area contributed by atoms with E-state index in [0.29, 0.717) is 0 Å². The quantitative estimate of drug-likeness (QED) is 0.689. The zero-order chi connectivity index (χ0) is 10.0. The fraction of sp³-hybridized carbons (Fsp3) is 0.556. The maximum absolute atomic E-state index is 5.68. The summed E-state index contributed by atoms with van der Waals surface area (Å²) >= 11 is 5.68. The Balaban J connectivity index is 3.06. The molecule has 0 saturated carbocycles. The molecule has 0 radical (unpaired) electrons. The molecule has 0 atom stereocenters. The van der Waals surface area contributed by atoms with Gasteiger partial charge in [-0.2, -0.15) is 0 Å². The molecule has 4 heteroatoms. The summed E-state index contributed by atoms with van der Waals surface area (Å²) in [5, 5.41) is 0.270. The third-order valence-electron chi connectivity index (χ3n) is 1.53. The van der Waals surface area contributed by atoms with Crippen LogP contribution in [0.3, 0.4) is 0 Å². The molecule has 1 aromatic heterocycles. The van der Waals surface area contributed by atoms with Crippen molar-refractivity contribution in [3.05, 3.63) is 16.7 Å². The zero-order valence-electron chi connectivity index (χ0n) is 8.26. The highest BCUT2D eigenvalue weighted by Gasteiger charge is 2.09. The first-order chi connectivity index (χ1) is 6.00. The highest BCUT2D eigenvalue weighted by Crippen LogP contribution is 2.22. The highest BCUT2D eigenvalue weighted by molar-refractivity contribution is 6.28. The van der Waals surface area contributed by atoms with E-state index in [4.69, 9.17) is 16.3 Å². The standard InChI is InChI=1S/C9H13ClN2O/c1-5(2)13-8-6(3)11-9(10)12-7(8)4/h5H,1-4H3. The first-order valence-corrected chi connectivity index (χ1v) is 4.56. The summed E-state index contributed by atoms with van der Waals surface area (Å²) in [6.45, 7) is 7.65.